The standard InChI is InChI=1S/C12H24N2OS/c1-3-5-7-10(6-4-2)14-12(15)11-8-16-9-13-11/h10-11,13H,3-9H2,1-2H3,(H,14,15). The molecule has 0 aromatic carbocycles. The Bertz CT molecular complexity index is 205. The minimum atomic E-state index is 0.0333. The van der Waals surface area contributed by atoms with Crippen molar-refractivity contribution < 1.29 is 4.79 Å². The first-order valence-corrected chi connectivity index (χ1v) is 7.54. The number of carbonyl (C=O) groups is 1. The van der Waals surface area contributed by atoms with E-state index in [-0.39, 0.29) is 11.9 Å². The monoisotopic (exact) mass is 244 g/mol. The van der Waals surface area contributed by atoms with E-state index in [1.165, 1.54) is 12.8 Å². The van der Waals surface area contributed by atoms with Crippen molar-refractivity contribution in [3.05, 3.63) is 0 Å². The average Bonchev–Trinajstić information content (AvgIpc) is 2.79. The van der Waals surface area contributed by atoms with Crippen LogP contribution >= 0.6 is 11.8 Å². The number of rotatable bonds is 7. The Morgan fingerprint density at radius 2 is 2.25 bits per heavy atom. The van der Waals surface area contributed by atoms with Gasteiger partial charge in [0.05, 0.1) is 6.04 Å². The molecule has 1 heterocycles. The molecule has 0 radical (unpaired) electrons. The number of hydrogen-bond donors (Lipinski definition) is 2. The molecule has 16 heavy (non-hydrogen) atoms. The molecule has 2 atom stereocenters. The van der Waals surface area contributed by atoms with Crippen molar-refractivity contribution >= 4 is 17.7 Å². The van der Waals surface area contributed by atoms with E-state index in [1.807, 2.05) is 0 Å². The smallest absolute Gasteiger partial charge is 0.238 e. The minimum absolute atomic E-state index is 0.0333. The van der Waals surface area contributed by atoms with E-state index in [9.17, 15) is 4.79 Å². The van der Waals surface area contributed by atoms with Gasteiger partial charge in [-0.2, -0.15) is 0 Å². The molecule has 1 fully saturated rings. The largest absolute Gasteiger partial charge is 0.352 e. The van der Waals surface area contributed by atoms with E-state index in [0.717, 1.165) is 30.9 Å². The van der Waals surface area contributed by atoms with E-state index >= 15 is 0 Å². The molecule has 2 unspecified atom stereocenters. The maximum atomic E-state index is 11.9. The van der Waals surface area contributed by atoms with Crippen molar-refractivity contribution in [3.63, 3.8) is 0 Å². The summed E-state index contributed by atoms with van der Waals surface area (Å²) in [6, 6.07) is 0.413. The van der Waals surface area contributed by atoms with Gasteiger partial charge in [-0.15, -0.1) is 11.8 Å². The van der Waals surface area contributed by atoms with Crippen molar-refractivity contribution in [2.75, 3.05) is 11.6 Å². The van der Waals surface area contributed by atoms with Crippen LogP contribution in [0.4, 0.5) is 0 Å². The Labute approximate surface area is 103 Å². The molecule has 1 rings (SSSR count). The Kier molecular flexibility index (Phi) is 6.88. The summed E-state index contributed by atoms with van der Waals surface area (Å²) in [5, 5.41) is 6.39. The summed E-state index contributed by atoms with van der Waals surface area (Å²) in [5.74, 6) is 2.02. The lowest BCUT2D eigenvalue weighted by Crippen LogP contribution is -2.46. The molecule has 1 saturated heterocycles. The minimum Gasteiger partial charge on any atom is -0.352 e. The number of nitrogens with one attached hydrogen (secondary N) is 2. The third kappa shape index (κ3) is 4.74. The van der Waals surface area contributed by atoms with Gasteiger partial charge in [0.2, 0.25) is 5.91 Å². The second kappa shape index (κ2) is 7.96. The van der Waals surface area contributed by atoms with Crippen LogP contribution in [0.15, 0.2) is 0 Å². The first-order chi connectivity index (χ1) is 7.77. The quantitative estimate of drug-likeness (QED) is 0.721. The van der Waals surface area contributed by atoms with Gasteiger partial charge < -0.3 is 5.32 Å². The number of hydrogen-bond acceptors (Lipinski definition) is 3. The summed E-state index contributed by atoms with van der Waals surface area (Å²) in [7, 11) is 0. The summed E-state index contributed by atoms with van der Waals surface area (Å²) in [5.41, 5.74) is 0. The van der Waals surface area contributed by atoms with Crippen LogP contribution < -0.4 is 10.6 Å². The highest BCUT2D eigenvalue weighted by Crippen LogP contribution is 2.11. The molecule has 0 bridgehead atoms. The van der Waals surface area contributed by atoms with E-state index in [4.69, 9.17) is 0 Å². The fourth-order valence-corrected chi connectivity index (χ4v) is 2.89. The first kappa shape index (κ1) is 13.8. The SMILES string of the molecule is CCCCC(CCC)NC(=O)C1CSCN1. The van der Waals surface area contributed by atoms with Crippen molar-refractivity contribution in [1.82, 2.24) is 10.6 Å². The van der Waals surface area contributed by atoms with E-state index < -0.39 is 0 Å². The van der Waals surface area contributed by atoms with Crippen LogP contribution in [0.3, 0.4) is 0 Å². The van der Waals surface area contributed by atoms with E-state index in [0.29, 0.717) is 6.04 Å². The normalized spacial score (nSPS) is 22.0. The highest BCUT2D eigenvalue weighted by Gasteiger charge is 2.23. The van der Waals surface area contributed by atoms with Crippen molar-refractivity contribution in [3.8, 4) is 0 Å². The molecule has 0 aromatic heterocycles. The number of unbranched alkanes of at least 4 members (excludes halogenated alkanes) is 1. The van der Waals surface area contributed by atoms with Crippen LogP contribution in [0.1, 0.15) is 46.0 Å². The zero-order chi connectivity index (χ0) is 11.8. The molecular weight excluding hydrogens is 220 g/mol. The lowest BCUT2D eigenvalue weighted by molar-refractivity contribution is -0.123. The summed E-state index contributed by atoms with van der Waals surface area (Å²) in [6.45, 7) is 4.37. The molecule has 0 spiro atoms. The van der Waals surface area contributed by atoms with Gasteiger partial charge in [0.1, 0.15) is 0 Å². The Balaban J connectivity index is 2.30. The second-order valence-electron chi connectivity index (χ2n) is 4.41. The zero-order valence-electron chi connectivity index (χ0n) is 10.4. The summed E-state index contributed by atoms with van der Waals surface area (Å²) < 4.78 is 0. The van der Waals surface area contributed by atoms with Crippen molar-refractivity contribution in [2.45, 2.75) is 58.0 Å². The fourth-order valence-electron chi connectivity index (χ4n) is 1.95. The van der Waals surface area contributed by atoms with Crippen LogP contribution in [0.5, 0.6) is 0 Å². The maximum absolute atomic E-state index is 11.9. The molecule has 0 saturated carbocycles. The molecule has 0 aromatic rings. The second-order valence-corrected chi connectivity index (χ2v) is 5.44. The van der Waals surface area contributed by atoms with Crippen molar-refractivity contribution in [1.29, 1.82) is 0 Å². The Hall–Kier alpha value is -0.220. The molecule has 0 aliphatic carbocycles. The van der Waals surface area contributed by atoms with Crippen LogP contribution in [0.2, 0.25) is 0 Å². The Morgan fingerprint density at radius 3 is 2.81 bits per heavy atom. The molecular formula is C12H24N2OS. The van der Waals surface area contributed by atoms with Gasteiger partial charge in [0, 0.05) is 17.7 Å². The van der Waals surface area contributed by atoms with Gasteiger partial charge in [0.15, 0.2) is 0 Å². The van der Waals surface area contributed by atoms with E-state index in [2.05, 4.69) is 24.5 Å². The third-order valence-corrected chi connectivity index (χ3v) is 3.86. The molecule has 94 valence electrons. The topological polar surface area (TPSA) is 41.1 Å². The first-order valence-electron chi connectivity index (χ1n) is 6.39. The summed E-state index contributed by atoms with van der Waals surface area (Å²) >= 11 is 1.80. The molecule has 2 N–H and O–H groups in total. The molecule has 1 aliphatic heterocycles. The third-order valence-electron chi connectivity index (χ3n) is 2.92. The fraction of sp³-hybridized carbons (Fsp3) is 0.917. The van der Waals surface area contributed by atoms with Crippen LogP contribution in [-0.4, -0.2) is 29.6 Å². The van der Waals surface area contributed by atoms with Crippen LogP contribution in [-0.2, 0) is 4.79 Å². The highest BCUT2D eigenvalue weighted by atomic mass is 32.2. The van der Waals surface area contributed by atoms with Crippen LogP contribution in [0, 0.1) is 0 Å². The van der Waals surface area contributed by atoms with Gasteiger partial charge in [-0.1, -0.05) is 33.1 Å². The lowest BCUT2D eigenvalue weighted by Gasteiger charge is -2.20. The lowest BCUT2D eigenvalue weighted by atomic mass is 10.0. The van der Waals surface area contributed by atoms with Crippen LogP contribution in [0.25, 0.3) is 0 Å². The molecule has 1 amide bonds. The predicted molar refractivity (Wildman–Crippen MR) is 70.6 cm³/mol. The van der Waals surface area contributed by atoms with Crippen molar-refractivity contribution in [2.24, 2.45) is 0 Å². The average molecular weight is 244 g/mol. The van der Waals surface area contributed by atoms with E-state index in [1.54, 1.807) is 11.8 Å². The molecule has 3 nitrogen and oxygen atoms in total. The summed E-state index contributed by atoms with van der Waals surface area (Å²) in [6.07, 6.45) is 5.77. The van der Waals surface area contributed by atoms with Gasteiger partial charge in [-0.05, 0) is 12.8 Å². The summed E-state index contributed by atoms with van der Waals surface area (Å²) in [4.78, 5) is 11.9. The number of amides is 1. The van der Waals surface area contributed by atoms with Gasteiger partial charge in [-0.25, -0.2) is 0 Å². The predicted octanol–water partition coefficient (Wildman–Crippen LogP) is 2.12. The zero-order valence-corrected chi connectivity index (χ0v) is 11.2. The highest BCUT2D eigenvalue weighted by molar-refractivity contribution is 7.99. The van der Waals surface area contributed by atoms with Gasteiger partial charge >= 0.3 is 0 Å². The number of carbonyl (C=O) groups excluding carboxylic acids is 1. The molecule has 1 aliphatic rings. The van der Waals surface area contributed by atoms with Gasteiger partial charge in [-0.3, -0.25) is 10.1 Å². The maximum Gasteiger partial charge on any atom is 0.238 e. The van der Waals surface area contributed by atoms with Gasteiger partial charge in [0.25, 0.3) is 0 Å². The molecule has 4 heteroatoms. The number of thioether (sulfide) groups is 1. The Morgan fingerprint density at radius 1 is 1.44 bits per heavy atom.